The number of aryl methyl sites for hydroxylation is 1. The fraction of sp³-hybridized carbons (Fsp3) is 0.533. The minimum Gasteiger partial charge on any atom is -0.349 e. The Morgan fingerprint density at radius 3 is 2.62 bits per heavy atom. The third-order valence-electron chi connectivity index (χ3n) is 4.11. The number of primary sulfonamides is 1. The molecule has 1 amide bonds. The van der Waals surface area contributed by atoms with Gasteiger partial charge < -0.3 is 5.32 Å². The minimum absolute atomic E-state index is 0.0170. The highest BCUT2D eigenvalue weighted by molar-refractivity contribution is 7.89. The van der Waals surface area contributed by atoms with Crippen molar-refractivity contribution in [1.29, 1.82) is 0 Å². The molecule has 21 heavy (non-hydrogen) atoms. The van der Waals surface area contributed by atoms with Crippen LogP contribution in [0.15, 0.2) is 17.0 Å². The number of carbonyl (C=O) groups is 1. The van der Waals surface area contributed by atoms with E-state index in [1.807, 2.05) is 6.92 Å². The normalized spacial score (nSPS) is 21.1. The molecule has 1 fully saturated rings. The van der Waals surface area contributed by atoms with Gasteiger partial charge in [-0.2, -0.15) is 0 Å². The third kappa shape index (κ3) is 3.63. The van der Waals surface area contributed by atoms with Crippen molar-refractivity contribution in [3.8, 4) is 0 Å². The Balaban J connectivity index is 2.23. The van der Waals surface area contributed by atoms with E-state index < -0.39 is 10.0 Å². The molecule has 0 aromatic heterocycles. The molecule has 1 saturated carbocycles. The first-order valence-corrected chi connectivity index (χ1v) is 8.73. The van der Waals surface area contributed by atoms with Gasteiger partial charge in [-0.25, -0.2) is 13.6 Å². The Kier molecular flexibility index (Phi) is 4.39. The monoisotopic (exact) mass is 310 g/mol. The van der Waals surface area contributed by atoms with Gasteiger partial charge >= 0.3 is 0 Å². The molecule has 0 bridgehead atoms. The van der Waals surface area contributed by atoms with Crippen LogP contribution >= 0.6 is 0 Å². The molecular formula is C15H22N2O3S. The summed E-state index contributed by atoms with van der Waals surface area (Å²) < 4.78 is 23.0. The zero-order valence-corrected chi connectivity index (χ0v) is 13.5. The lowest BCUT2D eigenvalue weighted by Gasteiger charge is -2.11. The predicted octanol–water partition coefficient (Wildman–Crippen LogP) is 1.87. The molecule has 116 valence electrons. The van der Waals surface area contributed by atoms with Crippen LogP contribution in [0.2, 0.25) is 0 Å². The Morgan fingerprint density at radius 1 is 1.38 bits per heavy atom. The molecule has 1 aromatic rings. The van der Waals surface area contributed by atoms with Gasteiger partial charge in [-0.15, -0.1) is 0 Å². The van der Waals surface area contributed by atoms with Crippen molar-refractivity contribution in [2.45, 2.75) is 51.0 Å². The number of sulfonamides is 1. The van der Waals surface area contributed by atoms with Crippen LogP contribution in [-0.2, 0) is 10.0 Å². The van der Waals surface area contributed by atoms with Crippen LogP contribution < -0.4 is 10.5 Å². The van der Waals surface area contributed by atoms with E-state index in [4.69, 9.17) is 5.14 Å². The average Bonchev–Trinajstić information content (AvgIpc) is 3.09. The second-order valence-electron chi connectivity index (χ2n) is 5.82. The lowest BCUT2D eigenvalue weighted by Crippen LogP contribution is -2.28. The summed E-state index contributed by atoms with van der Waals surface area (Å²) in [5, 5.41) is 8.14. The summed E-state index contributed by atoms with van der Waals surface area (Å²) in [7, 11) is -3.81. The number of rotatable bonds is 5. The van der Waals surface area contributed by atoms with Crippen molar-refractivity contribution in [3.63, 3.8) is 0 Å². The van der Waals surface area contributed by atoms with E-state index in [1.54, 1.807) is 6.92 Å². The Bertz CT molecular complexity index is 668. The number of nitrogens with one attached hydrogen (secondary N) is 1. The van der Waals surface area contributed by atoms with Crippen molar-refractivity contribution in [2.75, 3.05) is 0 Å². The van der Waals surface area contributed by atoms with E-state index in [0.29, 0.717) is 11.5 Å². The first-order valence-electron chi connectivity index (χ1n) is 7.19. The van der Waals surface area contributed by atoms with Crippen molar-refractivity contribution in [3.05, 3.63) is 28.8 Å². The number of hydrogen-bond donors (Lipinski definition) is 2. The molecule has 5 nitrogen and oxygen atoms in total. The third-order valence-corrected chi connectivity index (χ3v) is 5.01. The summed E-state index contributed by atoms with van der Waals surface area (Å²) >= 11 is 0. The van der Waals surface area contributed by atoms with E-state index in [1.165, 1.54) is 12.1 Å². The van der Waals surface area contributed by atoms with Crippen LogP contribution in [-0.4, -0.2) is 20.4 Å². The highest BCUT2D eigenvalue weighted by atomic mass is 32.2. The molecule has 1 aliphatic carbocycles. The zero-order valence-electron chi connectivity index (χ0n) is 12.6. The fourth-order valence-corrected chi connectivity index (χ4v) is 3.21. The van der Waals surface area contributed by atoms with Gasteiger partial charge in [-0.1, -0.05) is 13.3 Å². The second-order valence-corrected chi connectivity index (χ2v) is 7.38. The van der Waals surface area contributed by atoms with Crippen LogP contribution in [0.5, 0.6) is 0 Å². The highest BCUT2D eigenvalue weighted by Crippen LogP contribution is 2.35. The SMILES string of the molecule is CCCC1CC1NC(=O)c1cc(S(N)(=O)=O)cc(C)c1C. The van der Waals surface area contributed by atoms with E-state index in [-0.39, 0.29) is 16.8 Å². The first kappa shape index (κ1) is 16.0. The molecule has 2 unspecified atom stereocenters. The summed E-state index contributed by atoms with van der Waals surface area (Å²) in [4.78, 5) is 12.3. The number of benzene rings is 1. The maximum Gasteiger partial charge on any atom is 0.251 e. The molecule has 0 heterocycles. The van der Waals surface area contributed by atoms with Crippen LogP contribution in [0.3, 0.4) is 0 Å². The average molecular weight is 310 g/mol. The van der Waals surface area contributed by atoms with Gasteiger partial charge in [0.05, 0.1) is 4.90 Å². The van der Waals surface area contributed by atoms with Gasteiger partial charge in [0, 0.05) is 11.6 Å². The standard InChI is InChI=1S/C15H22N2O3S/c1-4-5-11-7-14(11)17-15(18)13-8-12(21(16,19)20)6-9(2)10(13)3/h6,8,11,14H,4-5,7H2,1-3H3,(H,17,18)(H2,16,19,20). The van der Waals surface area contributed by atoms with E-state index in [2.05, 4.69) is 12.2 Å². The molecule has 0 saturated heterocycles. The lowest BCUT2D eigenvalue weighted by molar-refractivity contribution is 0.0948. The van der Waals surface area contributed by atoms with Gasteiger partial charge in [0.25, 0.3) is 5.91 Å². The quantitative estimate of drug-likeness (QED) is 0.870. The van der Waals surface area contributed by atoms with Crippen LogP contribution in [0.4, 0.5) is 0 Å². The van der Waals surface area contributed by atoms with Crippen molar-refractivity contribution >= 4 is 15.9 Å². The van der Waals surface area contributed by atoms with Gasteiger partial charge in [0.2, 0.25) is 10.0 Å². The van der Waals surface area contributed by atoms with Gasteiger partial charge in [0.15, 0.2) is 0 Å². The Morgan fingerprint density at radius 2 is 2.05 bits per heavy atom. The lowest BCUT2D eigenvalue weighted by atomic mass is 10.0. The van der Waals surface area contributed by atoms with Gasteiger partial charge in [-0.3, -0.25) is 4.79 Å². The van der Waals surface area contributed by atoms with Crippen molar-refractivity contribution in [2.24, 2.45) is 11.1 Å². The maximum absolute atomic E-state index is 12.4. The molecule has 0 spiro atoms. The molecule has 1 aliphatic rings. The number of nitrogens with two attached hydrogens (primary N) is 1. The Hall–Kier alpha value is -1.40. The molecule has 2 atom stereocenters. The predicted molar refractivity (Wildman–Crippen MR) is 81.6 cm³/mol. The van der Waals surface area contributed by atoms with E-state index >= 15 is 0 Å². The molecule has 3 N–H and O–H groups in total. The highest BCUT2D eigenvalue weighted by Gasteiger charge is 2.37. The zero-order chi connectivity index (χ0) is 15.8. The summed E-state index contributed by atoms with van der Waals surface area (Å²) in [5.41, 5.74) is 1.92. The van der Waals surface area contributed by atoms with Gasteiger partial charge in [0.1, 0.15) is 0 Å². The summed E-state index contributed by atoms with van der Waals surface area (Å²) in [6.45, 7) is 5.71. The van der Waals surface area contributed by atoms with Crippen molar-refractivity contribution in [1.82, 2.24) is 5.32 Å². The van der Waals surface area contributed by atoms with Gasteiger partial charge in [-0.05, 0) is 55.9 Å². The molecule has 0 aliphatic heterocycles. The van der Waals surface area contributed by atoms with Crippen molar-refractivity contribution < 1.29 is 13.2 Å². The molecule has 0 radical (unpaired) electrons. The largest absolute Gasteiger partial charge is 0.349 e. The van der Waals surface area contributed by atoms with Crippen LogP contribution in [0.25, 0.3) is 0 Å². The number of amides is 1. The minimum atomic E-state index is -3.81. The smallest absolute Gasteiger partial charge is 0.251 e. The maximum atomic E-state index is 12.4. The van der Waals surface area contributed by atoms with Crippen LogP contribution in [0.1, 0.15) is 47.7 Å². The van der Waals surface area contributed by atoms with E-state index in [0.717, 1.165) is 30.4 Å². The first-order chi connectivity index (χ1) is 9.74. The Labute approximate surface area is 126 Å². The molecular weight excluding hydrogens is 288 g/mol. The topological polar surface area (TPSA) is 89.3 Å². The second kappa shape index (κ2) is 5.77. The number of carbonyl (C=O) groups excluding carboxylic acids is 1. The molecule has 6 heteroatoms. The number of hydrogen-bond acceptors (Lipinski definition) is 3. The summed E-state index contributed by atoms with van der Waals surface area (Å²) in [5.74, 6) is 0.339. The molecule has 2 rings (SSSR count). The fourth-order valence-electron chi connectivity index (χ4n) is 2.59. The van der Waals surface area contributed by atoms with E-state index in [9.17, 15) is 13.2 Å². The summed E-state index contributed by atoms with van der Waals surface area (Å²) in [6, 6.07) is 3.08. The summed E-state index contributed by atoms with van der Waals surface area (Å²) in [6.07, 6.45) is 3.22. The van der Waals surface area contributed by atoms with Crippen LogP contribution in [0, 0.1) is 19.8 Å². The molecule has 1 aromatic carbocycles.